The highest BCUT2D eigenvalue weighted by atomic mass is 16.5. The minimum Gasteiger partial charge on any atom is -0.494 e. The molecule has 0 saturated carbocycles. The molecule has 0 N–H and O–H groups in total. The van der Waals surface area contributed by atoms with Gasteiger partial charge in [-0.15, -0.1) is 0 Å². The van der Waals surface area contributed by atoms with E-state index in [1.54, 1.807) is 30.3 Å². The molecule has 0 unspecified atom stereocenters. The maximum atomic E-state index is 12.3. The van der Waals surface area contributed by atoms with Gasteiger partial charge in [0.2, 0.25) is 0 Å². The lowest BCUT2D eigenvalue weighted by atomic mass is 10.0. The molecule has 0 aliphatic heterocycles. The number of rotatable bonds is 5. The number of esters is 1. The molecule has 0 aliphatic carbocycles. The first kappa shape index (κ1) is 15.7. The Bertz CT molecular complexity index is 882. The molecule has 4 heteroatoms. The van der Waals surface area contributed by atoms with Crippen molar-refractivity contribution in [1.29, 1.82) is 0 Å². The summed E-state index contributed by atoms with van der Waals surface area (Å²) in [6, 6.07) is 17.6. The quantitative estimate of drug-likeness (QED) is 0.400. The largest absolute Gasteiger partial charge is 0.494 e. The van der Waals surface area contributed by atoms with Gasteiger partial charge in [-0.3, -0.25) is 4.79 Å². The molecule has 3 rings (SSSR count). The monoisotopic (exact) mass is 320 g/mol. The number of aldehydes is 1. The highest BCUT2D eigenvalue weighted by Crippen LogP contribution is 2.27. The van der Waals surface area contributed by atoms with Crippen LogP contribution in [0.1, 0.15) is 27.6 Å². The molecule has 0 spiro atoms. The van der Waals surface area contributed by atoms with Gasteiger partial charge in [-0.05, 0) is 48.0 Å². The van der Waals surface area contributed by atoms with E-state index in [0.29, 0.717) is 29.8 Å². The maximum Gasteiger partial charge on any atom is 0.343 e. The van der Waals surface area contributed by atoms with E-state index in [0.717, 1.165) is 10.8 Å². The summed E-state index contributed by atoms with van der Waals surface area (Å²) in [5.74, 6) is 0.423. The summed E-state index contributed by atoms with van der Waals surface area (Å²) in [6.45, 7) is 2.45. The zero-order chi connectivity index (χ0) is 16.9. The molecule has 0 saturated heterocycles. The molecule has 0 fully saturated rings. The fourth-order valence-electron chi connectivity index (χ4n) is 2.50. The Morgan fingerprint density at radius 3 is 2.46 bits per heavy atom. The van der Waals surface area contributed by atoms with E-state index >= 15 is 0 Å². The predicted molar refractivity (Wildman–Crippen MR) is 91.9 cm³/mol. The fraction of sp³-hybridized carbons (Fsp3) is 0.100. The van der Waals surface area contributed by atoms with E-state index in [2.05, 4.69) is 0 Å². The summed E-state index contributed by atoms with van der Waals surface area (Å²) >= 11 is 0. The average Bonchev–Trinajstić information content (AvgIpc) is 2.62. The van der Waals surface area contributed by atoms with Crippen LogP contribution < -0.4 is 9.47 Å². The number of ether oxygens (including phenoxy) is 2. The SMILES string of the molecule is CCOc1ccc(C(=O)Oc2ccc3ccccc3c2C=O)cc1. The van der Waals surface area contributed by atoms with Crippen molar-refractivity contribution in [2.45, 2.75) is 6.92 Å². The smallest absolute Gasteiger partial charge is 0.343 e. The Balaban J connectivity index is 1.88. The molecule has 0 radical (unpaired) electrons. The first-order chi connectivity index (χ1) is 11.7. The van der Waals surface area contributed by atoms with E-state index in [1.165, 1.54) is 0 Å². The van der Waals surface area contributed by atoms with Gasteiger partial charge in [0.1, 0.15) is 11.5 Å². The van der Waals surface area contributed by atoms with E-state index in [4.69, 9.17) is 9.47 Å². The van der Waals surface area contributed by atoms with Crippen LogP contribution in [0.15, 0.2) is 60.7 Å². The zero-order valence-electron chi connectivity index (χ0n) is 13.2. The second kappa shape index (κ2) is 6.96. The maximum absolute atomic E-state index is 12.3. The van der Waals surface area contributed by atoms with Gasteiger partial charge in [0.05, 0.1) is 17.7 Å². The molecule has 4 nitrogen and oxygen atoms in total. The molecule has 0 bridgehead atoms. The summed E-state index contributed by atoms with van der Waals surface area (Å²) in [7, 11) is 0. The predicted octanol–water partition coefficient (Wildman–Crippen LogP) is 4.27. The van der Waals surface area contributed by atoms with Crippen LogP contribution in [0, 0.1) is 0 Å². The van der Waals surface area contributed by atoms with Crippen LogP contribution in [0.3, 0.4) is 0 Å². The fourth-order valence-corrected chi connectivity index (χ4v) is 2.50. The Morgan fingerprint density at radius 1 is 1.00 bits per heavy atom. The van der Waals surface area contributed by atoms with E-state index in [-0.39, 0.29) is 5.75 Å². The van der Waals surface area contributed by atoms with Gasteiger partial charge >= 0.3 is 5.97 Å². The van der Waals surface area contributed by atoms with Crippen molar-refractivity contribution in [3.05, 3.63) is 71.8 Å². The summed E-state index contributed by atoms with van der Waals surface area (Å²) in [4.78, 5) is 23.8. The van der Waals surface area contributed by atoms with Crippen LogP contribution in [0.5, 0.6) is 11.5 Å². The van der Waals surface area contributed by atoms with Crippen molar-refractivity contribution in [1.82, 2.24) is 0 Å². The first-order valence-electron chi connectivity index (χ1n) is 7.65. The second-order valence-electron chi connectivity index (χ2n) is 5.16. The van der Waals surface area contributed by atoms with Gasteiger partial charge in [0.15, 0.2) is 6.29 Å². The lowest BCUT2D eigenvalue weighted by Crippen LogP contribution is -2.10. The van der Waals surface area contributed by atoms with Crippen molar-refractivity contribution in [3.8, 4) is 11.5 Å². The van der Waals surface area contributed by atoms with Crippen LogP contribution in [-0.4, -0.2) is 18.9 Å². The second-order valence-corrected chi connectivity index (χ2v) is 5.16. The third kappa shape index (κ3) is 3.13. The van der Waals surface area contributed by atoms with E-state index < -0.39 is 5.97 Å². The van der Waals surface area contributed by atoms with Gasteiger partial charge < -0.3 is 9.47 Å². The highest BCUT2D eigenvalue weighted by molar-refractivity contribution is 6.02. The Morgan fingerprint density at radius 2 is 1.75 bits per heavy atom. The van der Waals surface area contributed by atoms with Gasteiger partial charge in [-0.25, -0.2) is 4.79 Å². The average molecular weight is 320 g/mol. The van der Waals surface area contributed by atoms with Crippen molar-refractivity contribution < 1.29 is 19.1 Å². The molecule has 3 aromatic rings. The molecule has 0 atom stereocenters. The molecule has 0 aliphatic rings. The van der Waals surface area contributed by atoms with Gasteiger partial charge in [-0.1, -0.05) is 30.3 Å². The van der Waals surface area contributed by atoms with Crippen molar-refractivity contribution in [3.63, 3.8) is 0 Å². The zero-order valence-corrected chi connectivity index (χ0v) is 13.2. The molecule has 0 heterocycles. The van der Waals surface area contributed by atoms with Gasteiger partial charge in [-0.2, -0.15) is 0 Å². The standard InChI is InChI=1S/C20H16O4/c1-2-23-16-10-7-15(8-11-16)20(22)24-19-12-9-14-5-3-4-6-17(14)18(19)13-21/h3-13H,2H2,1H3. The molecular formula is C20H16O4. The van der Waals surface area contributed by atoms with Crippen LogP contribution in [-0.2, 0) is 0 Å². The highest BCUT2D eigenvalue weighted by Gasteiger charge is 2.14. The van der Waals surface area contributed by atoms with Crippen molar-refractivity contribution in [2.75, 3.05) is 6.61 Å². The Labute approximate surface area is 139 Å². The normalized spacial score (nSPS) is 10.4. The molecule has 24 heavy (non-hydrogen) atoms. The number of fused-ring (bicyclic) bond motifs is 1. The third-order valence-corrected chi connectivity index (χ3v) is 3.65. The summed E-state index contributed by atoms with van der Waals surface area (Å²) < 4.78 is 10.8. The molecule has 0 amide bonds. The van der Waals surface area contributed by atoms with Crippen molar-refractivity contribution in [2.24, 2.45) is 0 Å². The van der Waals surface area contributed by atoms with Gasteiger partial charge in [0, 0.05) is 0 Å². The molecule has 120 valence electrons. The van der Waals surface area contributed by atoms with Crippen LogP contribution in [0.2, 0.25) is 0 Å². The third-order valence-electron chi connectivity index (χ3n) is 3.65. The molecule has 3 aromatic carbocycles. The topological polar surface area (TPSA) is 52.6 Å². The first-order valence-corrected chi connectivity index (χ1v) is 7.65. The lowest BCUT2D eigenvalue weighted by Gasteiger charge is -2.10. The Kier molecular flexibility index (Phi) is 4.57. The number of hydrogen-bond acceptors (Lipinski definition) is 4. The number of benzene rings is 3. The summed E-state index contributed by atoms with van der Waals surface area (Å²) in [6.07, 6.45) is 0.711. The molecule has 0 aromatic heterocycles. The minimum absolute atomic E-state index is 0.252. The molecular weight excluding hydrogens is 304 g/mol. The summed E-state index contributed by atoms with van der Waals surface area (Å²) in [5.41, 5.74) is 0.760. The van der Waals surface area contributed by atoms with Crippen LogP contribution >= 0.6 is 0 Å². The van der Waals surface area contributed by atoms with Crippen molar-refractivity contribution >= 4 is 23.0 Å². The van der Waals surface area contributed by atoms with E-state index in [9.17, 15) is 9.59 Å². The summed E-state index contributed by atoms with van der Waals surface area (Å²) in [5, 5.41) is 1.67. The van der Waals surface area contributed by atoms with Crippen LogP contribution in [0.4, 0.5) is 0 Å². The minimum atomic E-state index is -0.517. The number of carbonyl (C=O) groups is 2. The number of hydrogen-bond donors (Lipinski definition) is 0. The lowest BCUT2D eigenvalue weighted by molar-refractivity contribution is 0.0734. The van der Waals surface area contributed by atoms with Gasteiger partial charge in [0.25, 0.3) is 0 Å². The Hall–Kier alpha value is -3.14. The van der Waals surface area contributed by atoms with E-state index in [1.807, 2.05) is 37.3 Å². The van der Waals surface area contributed by atoms with Crippen LogP contribution in [0.25, 0.3) is 10.8 Å². The number of carbonyl (C=O) groups excluding carboxylic acids is 2.